The van der Waals surface area contributed by atoms with Gasteiger partial charge in [-0.15, -0.1) is 9.73 Å². The molecule has 9 nitrogen and oxygen atoms in total. The smallest absolute Gasteiger partial charge is 0.225 e. The van der Waals surface area contributed by atoms with E-state index in [2.05, 4.69) is 65.4 Å². The third-order valence-corrected chi connectivity index (χ3v) is 6.22. The molecular formula is C25H25N9. The van der Waals surface area contributed by atoms with Gasteiger partial charge in [-0.25, -0.2) is 9.97 Å². The Balaban J connectivity index is 1.12. The van der Waals surface area contributed by atoms with E-state index in [0.29, 0.717) is 0 Å². The van der Waals surface area contributed by atoms with E-state index in [1.165, 1.54) is 5.56 Å². The molecule has 34 heavy (non-hydrogen) atoms. The van der Waals surface area contributed by atoms with Crippen LogP contribution in [0.15, 0.2) is 73.4 Å². The number of nitrogens with zero attached hydrogens (tertiary/aromatic N) is 9. The summed E-state index contributed by atoms with van der Waals surface area (Å²) < 4.78 is 3.48. The van der Waals surface area contributed by atoms with Crippen molar-refractivity contribution in [3.8, 4) is 11.3 Å². The Morgan fingerprint density at radius 3 is 2.26 bits per heavy atom. The first-order valence-corrected chi connectivity index (χ1v) is 11.4. The Hall–Kier alpha value is -4.27. The summed E-state index contributed by atoms with van der Waals surface area (Å²) in [6, 6.07) is 14.5. The quantitative estimate of drug-likeness (QED) is 0.406. The predicted molar refractivity (Wildman–Crippen MR) is 131 cm³/mol. The van der Waals surface area contributed by atoms with Gasteiger partial charge in [0, 0.05) is 63.8 Å². The fraction of sp³-hybridized carbons (Fsp3) is 0.240. The van der Waals surface area contributed by atoms with Crippen LogP contribution in [-0.2, 0) is 13.5 Å². The maximum Gasteiger partial charge on any atom is 0.225 e. The molecule has 6 rings (SSSR count). The molecule has 1 fully saturated rings. The molecule has 0 radical (unpaired) electrons. The number of rotatable bonds is 5. The van der Waals surface area contributed by atoms with E-state index in [1.54, 1.807) is 9.31 Å². The SMILES string of the molecule is Cn1cc(-c2ccc3c(N4CCN(c5ncc(Cc6ccccc6)cn5)CC4)cnn3n2)cn1. The minimum atomic E-state index is 0.791. The van der Waals surface area contributed by atoms with Crippen molar-refractivity contribution in [2.24, 2.45) is 7.05 Å². The van der Waals surface area contributed by atoms with E-state index in [9.17, 15) is 0 Å². The highest BCUT2D eigenvalue weighted by Crippen LogP contribution is 2.25. The van der Waals surface area contributed by atoms with Gasteiger partial charge in [0.25, 0.3) is 0 Å². The molecule has 1 aliphatic rings. The number of hydrogen-bond acceptors (Lipinski definition) is 7. The number of aromatic nitrogens is 7. The topological polar surface area (TPSA) is 80.3 Å². The molecule has 0 atom stereocenters. The van der Waals surface area contributed by atoms with Crippen molar-refractivity contribution in [3.63, 3.8) is 0 Å². The van der Waals surface area contributed by atoms with Crippen LogP contribution in [0.2, 0.25) is 0 Å². The van der Waals surface area contributed by atoms with Crippen LogP contribution in [0, 0.1) is 0 Å². The Labute approximate surface area is 197 Å². The molecular weight excluding hydrogens is 426 g/mol. The molecule has 5 aromatic rings. The number of fused-ring (bicyclic) bond motifs is 1. The molecule has 0 unspecified atom stereocenters. The van der Waals surface area contributed by atoms with Gasteiger partial charge in [0.15, 0.2) is 0 Å². The van der Waals surface area contributed by atoms with Crippen molar-refractivity contribution in [2.45, 2.75) is 6.42 Å². The van der Waals surface area contributed by atoms with Crippen molar-refractivity contribution in [2.75, 3.05) is 36.0 Å². The van der Waals surface area contributed by atoms with Gasteiger partial charge in [-0.2, -0.15) is 10.2 Å². The molecule has 4 aromatic heterocycles. The highest BCUT2D eigenvalue weighted by molar-refractivity contribution is 5.74. The van der Waals surface area contributed by atoms with E-state index in [-0.39, 0.29) is 0 Å². The summed E-state index contributed by atoms with van der Waals surface area (Å²) in [5, 5.41) is 13.4. The van der Waals surface area contributed by atoms with E-state index in [1.807, 2.05) is 50.2 Å². The van der Waals surface area contributed by atoms with Crippen LogP contribution in [0.5, 0.6) is 0 Å². The Kier molecular flexibility index (Phi) is 5.14. The van der Waals surface area contributed by atoms with Gasteiger partial charge in [0.05, 0.1) is 23.8 Å². The zero-order valence-corrected chi connectivity index (χ0v) is 19.0. The van der Waals surface area contributed by atoms with Crippen LogP contribution in [-0.4, -0.2) is 60.8 Å². The number of hydrogen-bond donors (Lipinski definition) is 0. The minimum absolute atomic E-state index is 0.791. The van der Waals surface area contributed by atoms with Crippen molar-refractivity contribution in [3.05, 3.63) is 84.6 Å². The lowest BCUT2D eigenvalue weighted by molar-refractivity contribution is 0.640. The van der Waals surface area contributed by atoms with Crippen LogP contribution in [0.4, 0.5) is 11.6 Å². The van der Waals surface area contributed by atoms with Gasteiger partial charge in [-0.05, 0) is 23.3 Å². The second-order valence-corrected chi connectivity index (χ2v) is 8.55. The first-order valence-electron chi connectivity index (χ1n) is 11.4. The Morgan fingerprint density at radius 2 is 1.53 bits per heavy atom. The normalized spacial score (nSPS) is 14.1. The van der Waals surface area contributed by atoms with Gasteiger partial charge >= 0.3 is 0 Å². The van der Waals surface area contributed by atoms with Gasteiger partial charge in [0.1, 0.15) is 5.52 Å². The molecule has 1 aromatic carbocycles. The molecule has 0 N–H and O–H groups in total. The van der Waals surface area contributed by atoms with Crippen LogP contribution >= 0.6 is 0 Å². The summed E-state index contributed by atoms with van der Waals surface area (Å²) in [6.07, 6.45) is 10.4. The number of piperazine rings is 1. The Morgan fingerprint density at radius 1 is 0.765 bits per heavy atom. The predicted octanol–water partition coefficient (Wildman–Crippen LogP) is 2.84. The maximum atomic E-state index is 4.67. The summed E-state index contributed by atoms with van der Waals surface area (Å²) in [5.74, 6) is 0.791. The average molecular weight is 452 g/mol. The fourth-order valence-corrected chi connectivity index (χ4v) is 4.40. The van der Waals surface area contributed by atoms with E-state index < -0.39 is 0 Å². The van der Waals surface area contributed by atoms with Crippen molar-refractivity contribution in [1.29, 1.82) is 0 Å². The van der Waals surface area contributed by atoms with Gasteiger partial charge in [-0.3, -0.25) is 4.68 Å². The minimum Gasteiger partial charge on any atom is -0.365 e. The first-order chi connectivity index (χ1) is 16.7. The lowest BCUT2D eigenvalue weighted by Crippen LogP contribution is -2.47. The molecule has 170 valence electrons. The number of benzene rings is 1. The maximum absolute atomic E-state index is 4.67. The van der Waals surface area contributed by atoms with Crippen LogP contribution < -0.4 is 9.80 Å². The van der Waals surface area contributed by atoms with E-state index in [4.69, 9.17) is 0 Å². The standard InChI is InChI=1S/C25H25N9/c1-31-18-21(16-28-31)22-7-8-23-24(17-29-34(23)30-22)32-9-11-33(12-10-32)25-26-14-20(15-27-25)13-19-5-3-2-4-6-19/h2-8,14-18H,9-13H2,1H3. The molecule has 0 amide bonds. The van der Waals surface area contributed by atoms with E-state index >= 15 is 0 Å². The fourth-order valence-electron chi connectivity index (χ4n) is 4.40. The van der Waals surface area contributed by atoms with Crippen LogP contribution in [0.3, 0.4) is 0 Å². The number of anilines is 2. The van der Waals surface area contributed by atoms with Crippen molar-refractivity contribution in [1.82, 2.24) is 34.6 Å². The van der Waals surface area contributed by atoms with Gasteiger partial charge in [-0.1, -0.05) is 30.3 Å². The summed E-state index contributed by atoms with van der Waals surface area (Å²) in [5.41, 5.74) is 6.32. The van der Waals surface area contributed by atoms with E-state index in [0.717, 1.165) is 66.6 Å². The summed E-state index contributed by atoms with van der Waals surface area (Å²) in [7, 11) is 1.90. The Bertz CT molecular complexity index is 1400. The zero-order valence-electron chi connectivity index (χ0n) is 19.0. The molecule has 1 aliphatic heterocycles. The molecule has 0 saturated carbocycles. The summed E-state index contributed by atoms with van der Waals surface area (Å²) in [4.78, 5) is 13.9. The lowest BCUT2D eigenvalue weighted by atomic mass is 10.1. The molecule has 5 heterocycles. The monoisotopic (exact) mass is 451 g/mol. The van der Waals surface area contributed by atoms with Crippen molar-refractivity contribution >= 4 is 17.2 Å². The first kappa shape index (κ1) is 20.3. The molecule has 1 saturated heterocycles. The molecule has 0 spiro atoms. The molecule has 9 heteroatoms. The largest absolute Gasteiger partial charge is 0.365 e. The average Bonchev–Trinajstić information content (AvgIpc) is 3.51. The van der Waals surface area contributed by atoms with Gasteiger partial charge in [0.2, 0.25) is 5.95 Å². The lowest BCUT2D eigenvalue weighted by Gasteiger charge is -2.35. The summed E-state index contributed by atoms with van der Waals surface area (Å²) >= 11 is 0. The third-order valence-electron chi connectivity index (χ3n) is 6.22. The highest BCUT2D eigenvalue weighted by atomic mass is 15.4. The van der Waals surface area contributed by atoms with Crippen molar-refractivity contribution < 1.29 is 0 Å². The molecule has 0 aliphatic carbocycles. The third kappa shape index (κ3) is 3.96. The highest BCUT2D eigenvalue weighted by Gasteiger charge is 2.22. The summed E-state index contributed by atoms with van der Waals surface area (Å²) in [6.45, 7) is 3.47. The second-order valence-electron chi connectivity index (χ2n) is 8.55. The second kappa shape index (κ2) is 8.58. The van der Waals surface area contributed by atoms with Gasteiger partial charge < -0.3 is 9.80 Å². The zero-order chi connectivity index (χ0) is 22.9. The van der Waals surface area contributed by atoms with Crippen LogP contribution in [0.1, 0.15) is 11.1 Å². The number of aryl methyl sites for hydroxylation is 1. The molecule has 0 bridgehead atoms. The van der Waals surface area contributed by atoms with Crippen LogP contribution in [0.25, 0.3) is 16.8 Å².